The first-order valence-electron chi connectivity index (χ1n) is 6.46. The number of nitrogens with zero attached hydrogens (tertiary/aromatic N) is 2. The molecule has 0 aromatic heterocycles. The van der Waals surface area contributed by atoms with Crippen LogP contribution in [0.3, 0.4) is 0 Å². The molecule has 1 aliphatic heterocycles. The second-order valence-electron chi connectivity index (χ2n) is 4.96. The van der Waals surface area contributed by atoms with Crippen molar-refractivity contribution in [3.8, 4) is 0 Å². The van der Waals surface area contributed by atoms with Crippen LogP contribution in [0.2, 0.25) is 0 Å². The normalized spacial score (nSPS) is 18.3. The lowest BCUT2D eigenvalue weighted by Crippen LogP contribution is -2.29. The van der Waals surface area contributed by atoms with E-state index in [2.05, 4.69) is 0 Å². The Kier molecular flexibility index (Phi) is 3.87. The Morgan fingerprint density at radius 2 is 2.30 bits per heavy atom. The third-order valence-electron chi connectivity index (χ3n) is 3.69. The molecule has 1 aromatic carbocycles. The molecule has 0 spiro atoms. The van der Waals surface area contributed by atoms with E-state index in [-0.39, 0.29) is 11.3 Å². The Bertz CT molecular complexity index is 562. The summed E-state index contributed by atoms with van der Waals surface area (Å²) in [5, 5.41) is 11.0. The molecule has 1 aromatic rings. The Morgan fingerprint density at radius 1 is 1.60 bits per heavy atom. The minimum absolute atomic E-state index is 0.148. The first-order valence-corrected chi connectivity index (χ1v) is 6.46. The summed E-state index contributed by atoms with van der Waals surface area (Å²) >= 11 is 0. The maximum absolute atomic E-state index is 13.3. The predicted octanol–water partition coefficient (Wildman–Crippen LogP) is 2.19. The van der Waals surface area contributed by atoms with E-state index in [1.54, 1.807) is 4.90 Å². The van der Waals surface area contributed by atoms with Crippen LogP contribution >= 0.6 is 0 Å². The number of benzene rings is 1. The number of hydrogen-bond donors (Lipinski definition) is 1. The summed E-state index contributed by atoms with van der Waals surface area (Å²) in [4.78, 5) is 24.1. The Labute approximate surface area is 115 Å². The van der Waals surface area contributed by atoms with E-state index >= 15 is 0 Å². The SMILES string of the molecule is CCC1CCN(C(=O)c2cc(N)c(F)cc2[N+](=O)[O-])C1. The largest absolute Gasteiger partial charge is 0.396 e. The van der Waals surface area contributed by atoms with E-state index in [1.165, 1.54) is 0 Å². The maximum atomic E-state index is 13.3. The summed E-state index contributed by atoms with van der Waals surface area (Å²) in [6, 6.07) is 1.75. The first kappa shape index (κ1) is 14.2. The molecule has 2 N–H and O–H groups in total. The van der Waals surface area contributed by atoms with E-state index in [0.717, 1.165) is 18.9 Å². The monoisotopic (exact) mass is 281 g/mol. The zero-order chi connectivity index (χ0) is 14.9. The van der Waals surface area contributed by atoms with Crippen molar-refractivity contribution in [2.24, 2.45) is 5.92 Å². The van der Waals surface area contributed by atoms with Crippen molar-refractivity contribution in [2.45, 2.75) is 19.8 Å². The van der Waals surface area contributed by atoms with E-state index < -0.39 is 22.3 Å². The first-order chi connectivity index (χ1) is 9.43. The van der Waals surface area contributed by atoms with Crippen LogP contribution in [-0.2, 0) is 0 Å². The summed E-state index contributed by atoms with van der Waals surface area (Å²) in [7, 11) is 0. The van der Waals surface area contributed by atoms with Gasteiger partial charge in [0.25, 0.3) is 11.6 Å². The number of anilines is 1. The molecule has 1 fully saturated rings. The number of likely N-dealkylation sites (tertiary alicyclic amines) is 1. The van der Waals surface area contributed by atoms with Crippen LogP contribution < -0.4 is 5.73 Å². The topological polar surface area (TPSA) is 89.5 Å². The van der Waals surface area contributed by atoms with Crippen molar-refractivity contribution >= 4 is 17.3 Å². The Hall–Kier alpha value is -2.18. The molecular weight excluding hydrogens is 265 g/mol. The van der Waals surface area contributed by atoms with Gasteiger partial charge in [-0.2, -0.15) is 0 Å². The van der Waals surface area contributed by atoms with Crippen molar-refractivity contribution in [2.75, 3.05) is 18.8 Å². The van der Waals surface area contributed by atoms with Gasteiger partial charge in [-0.05, 0) is 18.4 Å². The van der Waals surface area contributed by atoms with Crippen LogP contribution in [0, 0.1) is 21.8 Å². The maximum Gasteiger partial charge on any atom is 0.285 e. The molecule has 0 bridgehead atoms. The van der Waals surface area contributed by atoms with Gasteiger partial charge < -0.3 is 10.6 Å². The second-order valence-corrected chi connectivity index (χ2v) is 4.96. The molecule has 1 aliphatic rings. The summed E-state index contributed by atoms with van der Waals surface area (Å²) in [5.74, 6) is -0.934. The molecule has 7 heteroatoms. The number of hydrogen-bond acceptors (Lipinski definition) is 4. The molecule has 6 nitrogen and oxygen atoms in total. The molecular formula is C13H16FN3O3. The van der Waals surface area contributed by atoms with Crippen molar-refractivity contribution in [3.63, 3.8) is 0 Å². The number of halogens is 1. The number of amides is 1. The fourth-order valence-electron chi connectivity index (χ4n) is 2.42. The molecule has 1 atom stereocenters. The fourth-order valence-corrected chi connectivity index (χ4v) is 2.42. The molecule has 1 unspecified atom stereocenters. The number of nitro groups is 1. The van der Waals surface area contributed by atoms with E-state index in [9.17, 15) is 19.3 Å². The number of nitrogen functional groups attached to an aromatic ring is 1. The molecule has 0 saturated carbocycles. The van der Waals surface area contributed by atoms with Gasteiger partial charge >= 0.3 is 0 Å². The highest BCUT2D eigenvalue weighted by molar-refractivity contribution is 5.99. The average molecular weight is 281 g/mol. The van der Waals surface area contributed by atoms with Gasteiger partial charge in [-0.15, -0.1) is 0 Å². The number of carbonyl (C=O) groups is 1. The third-order valence-corrected chi connectivity index (χ3v) is 3.69. The lowest BCUT2D eigenvalue weighted by molar-refractivity contribution is -0.385. The number of carbonyl (C=O) groups excluding carboxylic acids is 1. The lowest BCUT2D eigenvalue weighted by Gasteiger charge is -2.16. The summed E-state index contributed by atoms with van der Waals surface area (Å²) in [6.45, 7) is 3.17. The zero-order valence-corrected chi connectivity index (χ0v) is 11.1. The molecule has 0 radical (unpaired) electrons. The van der Waals surface area contributed by atoms with Gasteiger partial charge in [-0.3, -0.25) is 14.9 Å². The van der Waals surface area contributed by atoms with Crippen LogP contribution in [0.5, 0.6) is 0 Å². The summed E-state index contributed by atoms with van der Waals surface area (Å²) in [5.41, 5.74) is 4.46. The van der Waals surface area contributed by atoms with E-state index in [0.29, 0.717) is 25.1 Å². The summed E-state index contributed by atoms with van der Waals surface area (Å²) in [6.07, 6.45) is 1.84. The van der Waals surface area contributed by atoms with Gasteiger partial charge in [0.2, 0.25) is 0 Å². The van der Waals surface area contributed by atoms with E-state index in [1.807, 2.05) is 6.92 Å². The second kappa shape index (κ2) is 5.44. The van der Waals surface area contributed by atoms with Crippen LogP contribution in [0.25, 0.3) is 0 Å². The van der Waals surface area contributed by atoms with Gasteiger partial charge in [0.05, 0.1) is 16.7 Å². The smallest absolute Gasteiger partial charge is 0.285 e. The molecule has 2 rings (SSSR count). The average Bonchev–Trinajstić information content (AvgIpc) is 2.89. The minimum atomic E-state index is -0.888. The van der Waals surface area contributed by atoms with Crippen LogP contribution in [0.15, 0.2) is 12.1 Å². The van der Waals surface area contributed by atoms with Crippen LogP contribution in [0.1, 0.15) is 30.1 Å². The van der Waals surface area contributed by atoms with Crippen molar-refractivity contribution in [3.05, 3.63) is 33.6 Å². The zero-order valence-electron chi connectivity index (χ0n) is 11.1. The number of nitrogens with two attached hydrogens (primary N) is 1. The van der Waals surface area contributed by atoms with Crippen molar-refractivity contribution in [1.29, 1.82) is 0 Å². The fraction of sp³-hybridized carbons (Fsp3) is 0.462. The minimum Gasteiger partial charge on any atom is -0.396 e. The highest BCUT2D eigenvalue weighted by Crippen LogP contribution is 2.28. The standard InChI is InChI=1S/C13H16FN3O3/c1-2-8-3-4-16(7-8)13(18)9-5-11(15)10(14)6-12(9)17(19)20/h5-6,8H,2-4,7,15H2,1H3. The van der Waals surface area contributed by atoms with Gasteiger partial charge in [0.1, 0.15) is 5.56 Å². The molecule has 1 heterocycles. The molecule has 0 aliphatic carbocycles. The highest BCUT2D eigenvalue weighted by atomic mass is 19.1. The molecule has 20 heavy (non-hydrogen) atoms. The van der Waals surface area contributed by atoms with Gasteiger partial charge in [-0.1, -0.05) is 13.3 Å². The molecule has 1 amide bonds. The number of rotatable bonds is 3. The third kappa shape index (κ3) is 2.56. The van der Waals surface area contributed by atoms with Crippen LogP contribution in [-0.4, -0.2) is 28.8 Å². The van der Waals surface area contributed by atoms with Gasteiger partial charge in [-0.25, -0.2) is 4.39 Å². The predicted molar refractivity (Wildman–Crippen MR) is 71.8 cm³/mol. The highest BCUT2D eigenvalue weighted by Gasteiger charge is 2.31. The van der Waals surface area contributed by atoms with Gasteiger partial charge in [0, 0.05) is 13.1 Å². The summed E-state index contributed by atoms with van der Waals surface area (Å²) < 4.78 is 13.3. The van der Waals surface area contributed by atoms with Crippen LogP contribution in [0.4, 0.5) is 15.8 Å². The number of nitro benzene ring substituents is 1. The van der Waals surface area contributed by atoms with Gasteiger partial charge in [0.15, 0.2) is 5.82 Å². The molecule has 108 valence electrons. The van der Waals surface area contributed by atoms with E-state index in [4.69, 9.17) is 5.73 Å². The molecule has 1 saturated heterocycles. The van der Waals surface area contributed by atoms with Crippen molar-refractivity contribution in [1.82, 2.24) is 4.90 Å². The lowest BCUT2D eigenvalue weighted by atomic mass is 10.1. The Morgan fingerprint density at radius 3 is 2.85 bits per heavy atom. The van der Waals surface area contributed by atoms with Crippen molar-refractivity contribution < 1.29 is 14.1 Å². The Balaban J connectivity index is 2.34. The quantitative estimate of drug-likeness (QED) is 0.522.